The molecule has 5 nitrogen and oxygen atoms in total. The molecule has 0 spiro atoms. The van der Waals surface area contributed by atoms with Crippen LogP contribution >= 0.6 is 11.6 Å². The molecule has 0 fully saturated rings. The highest BCUT2D eigenvalue weighted by Crippen LogP contribution is 2.37. The average molecular weight is 271 g/mol. The lowest BCUT2D eigenvalue weighted by molar-refractivity contribution is 0.0689. The minimum atomic E-state index is -1.24. The number of aromatic nitrogens is 2. The number of halogens is 2. The van der Waals surface area contributed by atoms with Gasteiger partial charge in [-0.1, -0.05) is 11.6 Å². The van der Waals surface area contributed by atoms with E-state index in [1.807, 2.05) is 0 Å². The third kappa shape index (κ3) is 1.91. The van der Waals surface area contributed by atoms with Crippen LogP contribution in [0.15, 0.2) is 18.2 Å². The Bertz CT molecular complexity index is 639. The van der Waals surface area contributed by atoms with Crippen LogP contribution < -0.4 is 0 Å². The molecular weight excluding hydrogens is 263 g/mol. The van der Waals surface area contributed by atoms with Gasteiger partial charge in [0.1, 0.15) is 11.6 Å². The molecular formula is C11H8ClFN2O3. The Morgan fingerprint density at radius 3 is 2.72 bits per heavy atom. The van der Waals surface area contributed by atoms with Crippen LogP contribution in [0.5, 0.6) is 5.75 Å². The number of hydrogen-bond acceptors (Lipinski definition) is 3. The Kier molecular flexibility index (Phi) is 2.96. The van der Waals surface area contributed by atoms with Crippen molar-refractivity contribution >= 4 is 17.6 Å². The van der Waals surface area contributed by atoms with Gasteiger partial charge in [-0.3, -0.25) is 4.68 Å². The van der Waals surface area contributed by atoms with E-state index in [1.165, 1.54) is 13.1 Å². The third-order valence-electron chi connectivity index (χ3n) is 2.43. The fourth-order valence-electron chi connectivity index (χ4n) is 1.59. The van der Waals surface area contributed by atoms with Crippen LogP contribution in [0.4, 0.5) is 4.39 Å². The van der Waals surface area contributed by atoms with Gasteiger partial charge in [0.05, 0.1) is 16.3 Å². The van der Waals surface area contributed by atoms with Crippen LogP contribution in [0.25, 0.3) is 11.3 Å². The quantitative estimate of drug-likeness (QED) is 0.878. The van der Waals surface area contributed by atoms with Crippen LogP contribution in [0, 0.1) is 5.82 Å². The van der Waals surface area contributed by atoms with E-state index in [1.54, 1.807) is 0 Å². The van der Waals surface area contributed by atoms with E-state index in [0.29, 0.717) is 0 Å². The summed E-state index contributed by atoms with van der Waals surface area (Å²) in [5.74, 6) is -2.40. The summed E-state index contributed by atoms with van der Waals surface area (Å²) in [5, 5.41) is 22.2. The molecule has 7 heteroatoms. The summed E-state index contributed by atoms with van der Waals surface area (Å²) >= 11 is 5.69. The lowest BCUT2D eigenvalue weighted by Gasteiger charge is -2.07. The Hall–Kier alpha value is -2.08. The molecule has 94 valence electrons. The molecule has 1 aromatic carbocycles. The number of benzene rings is 1. The Morgan fingerprint density at radius 2 is 2.17 bits per heavy atom. The first kappa shape index (κ1) is 12.4. The molecule has 0 bridgehead atoms. The van der Waals surface area contributed by atoms with E-state index in [0.717, 1.165) is 16.8 Å². The van der Waals surface area contributed by atoms with Crippen molar-refractivity contribution in [1.29, 1.82) is 0 Å². The van der Waals surface area contributed by atoms with Crippen molar-refractivity contribution in [1.82, 2.24) is 9.78 Å². The number of hydrogen-bond donors (Lipinski definition) is 2. The van der Waals surface area contributed by atoms with Crippen molar-refractivity contribution in [2.75, 3.05) is 0 Å². The Morgan fingerprint density at radius 1 is 1.50 bits per heavy atom. The summed E-state index contributed by atoms with van der Waals surface area (Å²) in [6.07, 6.45) is 0. The topological polar surface area (TPSA) is 75.4 Å². The van der Waals surface area contributed by atoms with Gasteiger partial charge in [0.15, 0.2) is 5.69 Å². The maximum Gasteiger partial charge on any atom is 0.356 e. The monoisotopic (exact) mass is 270 g/mol. The van der Waals surface area contributed by atoms with Crippen molar-refractivity contribution in [3.05, 3.63) is 34.7 Å². The van der Waals surface area contributed by atoms with Gasteiger partial charge in [-0.05, 0) is 18.2 Å². The highest BCUT2D eigenvalue weighted by molar-refractivity contribution is 6.32. The molecule has 0 radical (unpaired) electrons. The molecule has 1 heterocycles. The molecule has 2 N–H and O–H groups in total. The van der Waals surface area contributed by atoms with Crippen molar-refractivity contribution in [3.8, 4) is 17.0 Å². The molecule has 0 aliphatic rings. The Labute approximate surface area is 106 Å². The average Bonchev–Trinajstić information content (AvgIpc) is 2.67. The van der Waals surface area contributed by atoms with E-state index in [4.69, 9.17) is 16.7 Å². The van der Waals surface area contributed by atoms with Crippen molar-refractivity contribution in [3.63, 3.8) is 0 Å². The second-order valence-electron chi connectivity index (χ2n) is 3.60. The highest BCUT2D eigenvalue weighted by atomic mass is 35.5. The minimum absolute atomic E-state index is 0.0236. The number of carbonyl (C=O) groups is 1. The summed E-state index contributed by atoms with van der Waals surface area (Å²) in [6.45, 7) is 0. The molecule has 18 heavy (non-hydrogen) atoms. The molecule has 0 saturated heterocycles. The molecule has 2 rings (SSSR count). The van der Waals surface area contributed by atoms with E-state index < -0.39 is 17.5 Å². The normalized spacial score (nSPS) is 10.6. The number of phenolic OH excluding ortho intramolecular Hbond substituents is 1. The number of rotatable bonds is 2. The Balaban J connectivity index is 2.69. The van der Waals surface area contributed by atoms with Gasteiger partial charge in [0.2, 0.25) is 0 Å². The molecule has 1 aromatic heterocycles. The molecule has 0 unspecified atom stereocenters. The first-order valence-corrected chi connectivity index (χ1v) is 5.24. The number of aromatic hydroxyl groups is 1. The second-order valence-corrected chi connectivity index (χ2v) is 4.00. The number of aryl methyl sites for hydroxylation is 1. The molecule has 0 atom stereocenters. The van der Waals surface area contributed by atoms with Gasteiger partial charge < -0.3 is 10.2 Å². The predicted molar refractivity (Wildman–Crippen MR) is 62.2 cm³/mol. The zero-order valence-electron chi connectivity index (χ0n) is 9.19. The van der Waals surface area contributed by atoms with Gasteiger partial charge in [-0.2, -0.15) is 5.10 Å². The molecule has 2 aromatic rings. The summed E-state index contributed by atoms with van der Waals surface area (Å²) in [4.78, 5) is 10.8. The van der Waals surface area contributed by atoms with Crippen LogP contribution in [0.1, 0.15) is 10.5 Å². The smallest absolute Gasteiger partial charge is 0.356 e. The van der Waals surface area contributed by atoms with E-state index in [2.05, 4.69) is 5.10 Å². The molecule has 0 saturated carbocycles. The zero-order valence-corrected chi connectivity index (χ0v) is 9.94. The highest BCUT2D eigenvalue weighted by Gasteiger charge is 2.20. The van der Waals surface area contributed by atoms with Crippen molar-refractivity contribution < 1.29 is 19.4 Å². The fourth-order valence-corrected chi connectivity index (χ4v) is 1.75. The van der Waals surface area contributed by atoms with E-state index >= 15 is 0 Å². The van der Waals surface area contributed by atoms with Crippen LogP contribution in [-0.4, -0.2) is 26.0 Å². The number of nitrogens with zero attached hydrogens (tertiary/aromatic N) is 2. The molecule has 0 amide bonds. The summed E-state index contributed by atoms with van der Waals surface area (Å²) < 4.78 is 14.9. The van der Waals surface area contributed by atoms with Gasteiger partial charge in [0.25, 0.3) is 0 Å². The van der Waals surface area contributed by atoms with Crippen molar-refractivity contribution in [2.45, 2.75) is 0 Å². The van der Waals surface area contributed by atoms with Crippen LogP contribution in [0.2, 0.25) is 5.02 Å². The largest absolute Gasteiger partial charge is 0.506 e. The van der Waals surface area contributed by atoms with Gasteiger partial charge in [-0.25, -0.2) is 9.18 Å². The molecule has 0 aliphatic carbocycles. The van der Waals surface area contributed by atoms with Crippen molar-refractivity contribution in [2.24, 2.45) is 7.05 Å². The number of aromatic carboxylic acids is 1. The van der Waals surface area contributed by atoms with Gasteiger partial charge in [-0.15, -0.1) is 0 Å². The first-order chi connectivity index (χ1) is 8.41. The third-order valence-corrected chi connectivity index (χ3v) is 2.74. The van der Waals surface area contributed by atoms with Crippen LogP contribution in [-0.2, 0) is 7.05 Å². The number of carboxylic acids is 1. The first-order valence-electron chi connectivity index (χ1n) is 4.86. The summed E-state index contributed by atoms with van der Waals surface area (Å²) in [7, 11) is 1.45. The lowest BCUT2D eigenvalue weighted by Crippen LogP contribution is -1.99. The zero-order chi connectivity index (χ0) is 13.4. The number of carboxylic acid groups (broad SMARTS) is 1. The summed E-state index contributed by atoms with van der Waals surface area (Å²) in [5.41, 5.74) is -0.291. The van der Waals surface area contributed by atoms with Gasteiger partial charge in [0, 0.05) is 7.05 Å². The second kappa shape index (κ2) is 4.30. The molecule has 0 aliphatic heterocycles. The SMILES string of the molecule is Cn1nc(C(=O)O)cc1-c1c(F)ccc(Cl)c1O. The summed E-state index contributed by atoms with van der Waals surface area (Å²) in [6, 6.07) is 3.46. The maximum absolute atomic E-state index is 13.7. The fraction of sp³-hybridized carbons (Fsp3) is 0.0909. The van der Waals surface area contributed by atoms with Gasteiger partial charge >= 0.3 is 5.97 Å². The van der Waals surface area contributed by atoms with E-state index in [9.17, 15) is 14.3 Å². The predicted octanol–water partition coefficient (Wildman–Crippen LogP) is 2.28. The minimum Gasteiger partial charge on any atom is -0.506 e. The van der Waals surface area contributed by atoms with E-state index in [-0.39, 0.29) is 22.0 Å². The standard InChI is InChI=1S/C11H8ClFN2O3/c1-15-8(4-7(14-15)11(17)18)9-6(13)3-2-5(12)10(9)16/h2-4,16H,1H3,(H,17,18). The number of phenols is 1. The maximum atomic E-state index is 13.7. The lowest BCUT2D eigenvalue weighted by atomic mass is 10.1. The van der Waals surface area contributed by atoms with Crippen LogP contribution in [0.3, 0.4) is 0 Å².